The molecule has 7 nitrogen and oxygen atoms in total. The fourth-order valence-electron chi connectivity index (χ4n) is 4.93. The molecule has 4 aromatic rings. The fraction of sp³-hybridized carbons (Fsp3) is 0.269. The molecule has 2 aromatic heterocycles. The zero-order chi connectivity index (χ0) is 22.4. The third-order valence-electron chi connectivity index (χ3n) is 6.58. The first-order valence-electron chi connectivity index (χ1n) is 11.3. The maximum atomic E-state index is 13.3. The molecular formula is C26H24N4O3. The van der Waals surface area contributed by atoms with Crippen molar-refractivity contribution in [1.29, 1.82) is 0 Å². The van der Waals surface area contributed by atoms with E-state index >= 15 is 0 Å². The molecule has 33 heavy (non-hydrogen) atoms. The summed E-state index contributed by atoms with van der Waals surface area (Å²) in [5.41, 5.74) is 2.87. The Kier molecular flexibility index (Phi) is 4.84. The first kappa shape index (κ1) is 19.9. The van der Waals surface area contributed by atoms with Crippen molar-refractivity contribution in [2.45, 2.75) is 19.1 Å². The number of para-hydroxylation sites is 2. The first-order chi connectivity index (χ1) is 16.1. The van der Waals surface area contributed by atoms with E-state index in [4.69, 9.17) is 4.42 Å². The molecule has 0 N–H and O–H groups in total. The number of benzene rings is 2. The highest BCUT2D eigenvalue weighted by atomic mass is 16.3. The van der Waals surface area contributed by atoms with E-state index in [-0.39, 0.29) is 18.4 Å². The zero-order valence-electron chi connectivity index (χ0n) is 18.2. The molecule has 166 valence electrons. The van der Waals surface area contributed by atoms with Crippen LogP contribution in [0.4, 0.5) is 0 Å². The van der Waals surface area contributed by atoms with Crippen molar-refractivity contribution < 1.29 is 14.0 Å². The van der Waals surface area contributed by atoms with Crippen molar-refractivity contribution >= 4 is 33.7 Å². The minimum Gasteiger partial charge on any atom is -0.459 e. The van der Waals surface area contributed by atoms with Gasteiger partial charge in [0.15, 0.2) is 0 Å². The second-order valence-electron chi connectivity index (χ2n) is 8.82. The molecule has 2 aliphatic heterocycles. The third kappa shape index (κ3) is 3.74. The summed E-state index contributed by atoms with van der Waals surface area (Å²) in [6.07, 6.45) is 1.90. The molecule has 0 aliphatic carbocycles. The van der Waals surface area contributed by atoms with Gasteiger partial charge in [-0.15, -0.1) is 0 Å². The Bertz CT molecular complexity index is 1330. The number of piperazine rings is 2. The van der Waals surface area contributed by atoms with Gasteiger partial charge in [0.1, 0.15) is 23.9 Å². The van der Waals surface area contributed by atoms with E-state index in [9.17, 15) is 9.59 Å². The lowest BCUT2D eigenvalue weighted by Gasteiger charge is -2.46. The average molecular weight is 441 g/mol. The Labute approximate surface area is 191 Å². The van der Waals surface area contributed by atoms with Gasteiger partial charge in [0.25, 0.3) is 0 Å². The van der Waals surface area contributed by atoms with Crippen LogP contribution in [-0.4, -0.2) is 63.7 Å². The van der Waals surface area contributed by atoms with Crippen molar-refractivity contribution in [3.05, 3.63) is 78.2 Å². The van der Waals surface area contributed by atoms with E-state index in [2.05, 4.69) is 22.0 Å². The van der Waals surface area contributed by atoms with E-state index in [0.717, 1.165) is 34.0 Å². The van der Waals surface area contributed by atoms with Crippen LogP contribution in [0.25, 0.3) is 21.9 Å². The number of hydrogen-bond donors (Lipinski definition) is 0. The summed E-state index contributed by atoms with van der Waals surface area (Å²) in [4.78, 5) is 36.3. The Morgan fingerprint density at radius 3 is 2.64 bits per heavy atom. The Morgan fingerprint density at radius 1 is 0.939 bits per heavy atom. The van der Waals surface area contributed by atoms with Crippen LogP contribution in [0.15, 0.2) is 71.3 Å². The first-order valence-corrected chi connectivity index (χ1v) is 11.3. The molecule has 2 saturated heterocycles. The Morgan fingerprint density at radius 2 is 1.76 bits per heavy atom. The summed E-state index contributed by atoms with van der Waals surface area (Å²) in [5.74, 6) is 0.680. The number of hydrogen-bond acceptors (Lipinski definition) is 5. The summed E-state index contributed by atoms with van der Waals surface area (Å²) in [6.45, 7) is 2.93. The molecule has 1 unspecified atom stereocenters. The molecule has 0 saturated carbocycles. The summed E-state index contributed by atoms with van der Waals surface area (Å²) in [6, 6.07) is 19.4. The van der Waals surface area contributed by atoms with Crippen LogP contribution in [0.2, 0.25) is 0 Å². The van der Waals surface area contributed by atoms with Gasteiger partial charge in [-0.1, -0.05) is 36.4 Å². The van der Waals surface area contributed by atoms with Crippen LogP contribution >= 0.6 is 0 Å². The van der Waals surface area contributed by atoms with Gasteiger partial charge in [0, 0.05) is 43.1 Å². The number of carbonyl (C=O) groups is 2. The molecule has 7 heteroatoms. The standard InChI is InChI=1S/C26H24N4O3/c31-25-17-29(15-21-12-20-6-2-4-8-24(20)33-21)26(32)23-16-28(9-10-30(23)25)14-18-11-19-5-1-3-7-22(19)27-13-18/h1-8,11-13,23H,9-10,14-17H2. The van der Waals surface area contributed by atoms with Gasteiger partial charge in [-0.2, -0.15) is 0 Å². The maximum absolute atomic E-state index is 13.3. The number of rotatable bonds is 4. The normalized spacial score (nSPS) is 19.5. The predicted octanol–water partition coefficient (Wildman–Crippen LogP) is 3.04. The minimum absolute atomic E-state index is 0.00253. The van der Waals surface area contributed by atoms with E-state index < -0.39 is 6.04 Å². The third-order valence-corrected chi connectivity index (χ3v) is 6.58. The monoisotopic (exact) mass is 440 g/mol. The molecule has 6 rings (SSSR count). The van der Waals surface area contributed by atoms with Crippen LogP contribution in [0.1, 0.15) is 11.3 Å². The van der Waals surface area contributed by atoms with Gasteiger partial charge in [-0.3, -0.25) is 19.5 Å². The number of pyridine rings is 1. The van der Waals surface area contributed by atoms with Crippen molar-refractivity contribution in [3.63, 3.8) is 0 Å². The second kappa shape index (κ2) is 8.01. The molecule has 4 heterocycles. The average Bonchev–Trinajstić information content (AvgIpc) is 3.25. The lowest BCUT2D eigenvalue weighted by Crippen LogP contribution is -2.66. The van der Waals surface area contributed by atoms with Crippen LogP contribution in [0.5, 0.6) is 0 Å². The number of carbonyl (C=O) groups excluding carboxylic acids is 2. The van der Waals surface area contributed by atoms with E-state index in [0.29, 0.717) is 31.9 Å². The molecule has 1 atom stereocenters. The van der Waals surface area contributed by atoms with Gasteiger partial charge in [-0.05, 0) is 29.8 Å². The molecule has 2 amide bonds. The predicted molar refractivity (Wildman–Crippen MR) is 124 cm³/mol. The number of amides is 2. The summed E-state index contributed by atoms with van der Waals surface area (Å²) in [7, 11) is 0. The van der Waals surface area contributed by atoms with Crippen LogP contribution in [-0.2, 0) is 22.7 Å². The molecule has 2 fully saturated rings. The number of fused-ring (bicyclic) bond motifs is 3. The lowest BCUT2D eigenvalue weighted by atomic mass is 10.1. The van der Waals surface area contributed by atoms with Gasteiger partial charge in [-0.25, -0.2) is 0 Å². The largest absolute Gasteiger partial charge is 0.459 e. The number of aromatic nitrogens is 1. The Balaban J connectivity index is 1.18. The van der Waals surface area contributed by atoms with Crippen molar-refractivity contribution in [1.82, 2.24) is 19.7 Å². The topological polar surface area (TPSA) is 69.9 Å². The molecular weight excluding hydrogens is 416 g/mol. The molecule has 2 aromatic carbocycles. The summed E-state index contributed by atoms with van der Waals surface area (Å²) < 4.78 is 5.89. The van der Waals surface area contributed by atoms with Crippen molar-refractivity contribution in [2.24, 2.45) is 0 Å². The Hall–Kier alpha value is -3.71. The zero-order valence-corrected chi connectivity index (χ0v) is 18.2. The molecule has 2 aliphatic rings. The van der Waals surface area contributed by atoms with Crippen LogP contribution in [0, 0.1) is 0 Å². The van der Waals surface area contributed by atoms with Gasteiger partial charge < -0.3 is 14.2 Å². The highest BCUT2D eigenvalue weighted by molar-refractivity contribution is 5.95. The number of furan rings is 1. The lowest BCUT2D eigenvalue weighted by molar-refractivity contribution is -0.160. The van der Waals surface area contributed by atoms with E-state index in [1.807, 2.05) is 54.7 Å². The summed E-state index contributed by atoms with van der Waals surface area (Å²) >= 11 is 0. The maximum Gasteiger partial charge on any atom is 0.247 e. The highest BCUT2D eigenvalue weighted by Gasteiger charge is 2.42. The SMILES string of the molecule is O=C1C2CN(Cc3cnc4ccccc4c3)CCN2C(=O)CN1Cc1cc2ccccc2o1. The van der Waals surface area contributed by atoms with E-state index in [1.165, 1.54) is 0 Å². The smallest absolute Gasteiger partial charge is 0.247 e. The quantitative estimate of drug-likeness (QED) is 0.488. The fourth-order valence-corrected chi connectivity index (χ4v) is 4.93. The van der Waals surface area contributed by atoms with Gasteiger partial charge in [0.05, 0.1) is 12.1 Å². The summed E-state index contributed by atoms with van der Waals surface area (Å²) in [5, 5.41) is 2.10. The minimum atomic E-state index is -0.460. The van der Waals surface area contributed by atoms with Crippen LogP contribution in [0.3, 0.4) is 0 Å². The highest BCUT2D eigenvalue weighted by Crippen LogP contribution is 2.24. The molecule has 0 radical (unpaired) electrons. The number of nitrogens with zero attached hydrogens (tertiary/aromatic N) is 4. The van der Waals surface area contributed by atoms with E-state index in [1.54, 1.807) is 9.80 Å². The second-order valence-corrected chi connectivity index (χ2v) is 8.82. The van der Waals surface area contributed by atoms with Gasteiger partial charge in [0.2, 0.25) is 11.8 Å². The van der Waals surface area contributed by atoms with Crippen LogP contribution < -0.4 is 0 Å². The molecule has 0 bridgehead atoms. The molecule has 0 spiro atoms. The van der Waals surface area contributed by atoms with Crippen molar-refractivity contribution in [2.75, 3.05) is 26.2 Å². The van der Waals surface area contributed by atoms with Gasteiger partial charge >= 0.3 is 0 Å². The van der Waals surface area contributed by atoms with Crippen molar-refractivity contribution in [3.8, 4) is 0 Å².